The summed E-state index contributed by atoms with van der Waals surface area (Å²) in [5.41, 5.74) is -0.358. The maximum Gasteiger partial charge on any atom is 0.252 e. The largest absolute Gasteiger partial charge is 0.340 e. The Morgan fingerprint density at radius 1 is 1.29 bits per heavy atom. The van der Waals surface area contributed by atoms with Gasteiger partial charge in [-0.15, -0.1) is 11.6 Å². The Labute approximate surface area is 106 Å². The predicted molar refractivity (Wildman–Crippen MR) is 68.3 cm³/mol. The Morgan fingerprint density at radius 3 is 2.35 bits per heavy atom. The number of carbonyl (C=O) groups is 2. The Morgan fingerprint density at radius 2 is 1.88 bits per heavy atom. The van der Waals surface area contributed by atoms with Gasteiger partial charge < -0.3 is 5.32 Å². The standard InChI is InChI=1S/C13H16ClNO2/c1-3-13(2,11(16)9-14)15-12(17)10-7-5-4-6-8-10/h4-8H,3,9H2,1-2H3,(H,15,17). The van der Waals surface area contributed by atoms with Gasteiger partial charge in [-0.25, -0.2) is 0 Å². The second-order valence-electron chi connectivity index (χ2n) is 4.06. The van der Waals surface area contributed by atoms with E-state index in [9.17, 15) is 9.59 Å². The lowest BCUT2D eigenvalue weighted by Gasteiger charge is -2.27. The maximum atomic E-state index is 11.9. The van der Waals surface area contributed by atoms with E-state index in [-0.39, 0.29) is 17.6 Å². The van der Waals surface area contributed by atoms with Crippen LogP contribution in [0.25, 0.3) is 0 Å². The third-order valence-corrected chi connectivity index (χ3v) is 3.11. The van der Waals surface area contributed by atoms with Crippen LogP contribution < -0.4 is 5.32 Å². The number of hydrogen-bond acceptors (Lipinski definition) is 2. The molecule has 1 rings (SSSR count). The van der Waals surface area contributed by atoms with Gasteiger partial charge in [-0.1, -0.05) is 25.1 Å². The zero-order valence-corrected chi connectivity index (χ0v) is 10.8. The molecule has 0 saturated carbocycles. The highest BCUT2D eigenvalue weighted by Gasteiger charge is 2.32. The summed E-state index contributed by atoms with van der Waals surface area (Å²) in [6.45, 7) is 3.54. The van der Waals surface area contributed by atoms with Gasteiger partial charge in [0, 0.05) is 5.56 Å². The van der Waals surface area contributed by atoms with E-state index in [1.807, 2.05) is 13.0 Å². The molecule has 0 aliphatic carbocycles. The number of hydrogen-bond donors (Lipinski definition) is 1. The van der Waals surface area contributed by atoms with E-state index in [4.69, 9.17) is 11.6 Å². The molecule has 1 amide bonds. The van der Waals surface area contributed by atoms with Crippen molar-refractivity contribution in [3.05, 3.63) is 35.9 Å². The first-order valence-electron chi connectivity index (χ1n) is 5.50. The fraction of sp³-hybridized carbons (Fsp3) is 0.385. The molecule has 0 heterocycles. The summed E-state index contributed by atoms with van der Waals surface area (Å²) < 4.78 is 0. The maximum absolute atomic E-state index is 11.9. The summed E-state index contributed by atoms with van der Waals surface area (Å²) in [4.78, 5) is 23.6. The van der Waals surface area contributed by atoms with Gasteiger partial charge in [0.05, 0.1) is 11.4 Å². The first kappa shape index (κ1) is 13.7. The lowest BCUT2D eigenvalue weighted by Crippen LogP contribution is -2.52. The molecule has 17 heavy (non-hydrogen) atoms. The van der Waals surface area contributed by atoms with Crippen LogP contribution in [0.3, 0.4) is 0 Å². The molecule has 1 aromatic rings. The highest BCUT2D eigenvalue weighted by molar-refractivity contribution is 6.29. The van der Waals surface area contributed by atoms with Crippen molar-refractivity contribution in [2.75, 3.05) is 5.88 Å². The van der Waals surface area contributed by atoms with Gasteiger partial charge in [-0.05, 0) is 25.5 Å². The molecule has 3 nitrogen and oxygen atoms in total. The Kier molecular flexibility index (Phi) is 4.70. The quantitative estimate of drug-likeness (QED) is 0.819. The van der Waals surface area contributed by atoms with Crippen molar-refractivity contribution in [2.24, 2.45) is 0 Å². The number of alkyl halides is 1. The number of halogens is 1. The summed E-state index contributed by atoms with van der Waals surface area (Å²) in [6, 6.07) is 8.80. The zero-order valence-electron chi connectivity index (χ0n) is 10.00. The fourth-order valence-electron chi connectivity index (χ4n) is 1.42. The van der Waals surface area contributed by atoms with E-state index in [0.29, 0.717) is 12.0 Å². The van der Waals surface area contributed by atoms with Crippen LogP contribution in [0.2, 0.25) is 0 Å². The van der Waals surface area contributed by atoms with E-state index in [1.54, 1.807) is 31.2 Å². The molecule has 4 heteroatoms. The smallest absolute Gasteiger partial charge is 0.252 e. The average molecular weight is 254 g/mol. The highest BCUT2D eigenvalue weighted by atomic mass is 35.5. The first-order valence-corrected chi connectivity index (χ1v) is 6.03. The second-order valence-corrected chi connectivity index (χ2v) is 4.33. The molecule has 0 aromatic heterocycles. The van der Waals surface area contributed by atoms with Crippen LogP contribution in [-0.4, -0.2) is 23.1 Å². The van der Waals surface area contributed by atoms with Crippen LogP contribution in [0, 0.1) is 0 Å². The van der Waals surface area contributed by atoms with E-state index in [2.05, 4.69) is 5.32 Å². The summed E-state index contributed by atoms with van der Waals surface area (Å²) in [6.07, 6.45) is 0.511. The van der Waals surface area contributed by atoms with Gasteiger partial charge in [-0.3, -0.25) is 9.59 Å². The van der Waals surface area contributed by atoms with Crippen molar-refractivity contribution in [3.8, 4) is 0 Å². The fourth-order valence-corrected chi connectivity index (χ4v) is 1.71. The number of nitrogens with one attached hydrogen (secondary N) is 1. The third-order valence-electron chi connectivity index (χ3n) is 2.87. The van der Waals surface area contributed by atoms with E-state index < -0.39 is 5.54 Å². The molecule has 1 N–H and O–H groups in total. The lowest BCUT2D eigenvalue weighted by molar-refractivity contribution is -0.122. The SMILES string of the molecule is CCC(C)(NC(=O)c1ccccc1)C(=O)CCl. The molecule has 1 atom stereocenters. The van der Waals surface area contributed by atoms with Crippen molar-refractivity contribution in [1.82, 2.24) is 5.32 Å². The normalized spacial score (nSPS) is 13.8. The third kappa shape index (κ3) is 3.30. The highest BCUT2D eigenvalue weighted by Crippen LogP contribution is 2.13. The molecule has 0 fully saturated rings. The van der Waals surface area contributed by atoms with E-state index in [0.717, 1.165) is 0 Å². The summed E-state index contributed by atoms with van der Waals surface area (Å²) >= 11 is 5.54. The number of amides is 1. The summed E-state index contributed by atoms with van der Waals surface area (Å²) in [5, 5.41) is 2.74. The van der Waals surface area contributed by atoms with Gasteiger partial charge in [0.1, 0.15) is 0 Å². The summed E-state index contributed by atoms with van der Waals surface area (Å²) in [7, 11) is 0. The topological polar surface area (TPSA) is 46.2 Å². The predicted octanol–water partition coefficient (Wildman–Crippen LogP) is 2.39. The van der Waals surface area contributed by atoms with Crippen molar-refractivity contribution >= 4 is 23.3 Å². The molecule has 0 aliphatic rings. The second kappa shape index (κ2) is 5.82. The molecule has 0 radical (unpaired) electrons. The minimum absolute atomic E-state index is 0.0978. The number of benzene rings is 1. The van der Waals surface area contributed by atoms with Gasteiger partial charge >= 0.3 is 0 Å². The lowest BCUT2D eigenvalue weighted by atomic mass is 9.93. The van der Waals surface area contributed by atoms with Crippen molar-refractivity contribution < 1.29 is 9.59 Å². The number of ketones is 1. The number of Topliss-reactive ketones (excluding diaryl/α,β-unsaturated/α-hetero) is 1. The molecule has 1 unspecified atom stereocenters. The minimum atomic E-state index is -0.894. The van der Waals surface area contributed by atoms with Crippen LogP contribution >= 0.6 is 11.6 Å². The Hall–Kier alpha value is -1.35. The average Bonchev–Trinajstić information content (AvgIpc) is 2.38. The van der Waals surface area contributed by atoms with E-state index in [1.165, 1.54) is 0 Å². The van der Waals surface area contributed by atoms with Crippen LogP contribution in [0.4, 0.5) is 0 Å². The van der Waals surface area contributed by atoms with Gasteiger partial charge in [0.25, 0.3) is 5.91 Å². The van der Waals surface area contributed by atoms with Crippen molar-refractivity contribution in [1.29, 1.82) is 0 Å². The van der Waals surface area contributed by atoms with E-state index >= 15 is 0 Å². The minimum Gasteiger partial charge on any atom is -0.340 e. The van der Waals surface area contributed by atoms with Crippen molar-refractivity contribution in [3.63, 3.8) is 0 Å². The molecule has 0 bridgehead atoms. The van der Waals surface area contributed by atoms with Crippen molar-refractivity contribution in [2.45, 2.75) is 25.8 Å². The summed E-state index contributed by atoms with van der Waals surface area (Å²) in [5.74, 6) is -0.529. The number of rotatable bonds is 5. The van der Waals surface area contributed by atoms with Crippen LogP contribution in [0.5, 0.6) is 0 Å². The van der Waals surface area contributed by atoms with Gasteiger partial charge in [0.15, 0.2) is 5.78 Å². The molecule has 92 valence electrons. The zero-order chi connectivity index (χ0) is 12.9. The monoisotopic (exact) mass is 253 g/mol. The first-order chi connectivity index (χ1) is 8.03. The van der Waals surface area contributed by atoms with Crippen LogP contribution in [-0.2, 0) is 4.79 Å². The molecule has 1 aromatic carbocycles. The molecular formula is C13H16ClNO2. The Bertz CT molecular complexity index is 405. The van der Waals surface area contributed by atoms with Crippen LogP contribution in [0.1, 0.15) is 30.6 Å². The molecule has 0 spiro atoms. The van der Waals surface area contributed by atoms with Gasteiger partial charge in [-0.2, -0.15) is 0 Å². The molecule has 0 aliphatic heterocycles. The van der Waals surface area contributed by atoms with Gasteiger partial charge in [0.2, 0.25) is 0 Å². The molecule has 0 saturated heterocycles. The Balaban J connectivity index is 2.83. The number of carbonyl (C=O) groups excluding carboxylic acids is 2. The van der Waals surface area contributed by atoms with Crippen LogP contribution in [0.15, 0.2) is 30.3 Å². The molecular weight excluding hydrogens is 238 g/mol.